The zero-order valence-electron chi connectivity index (χ0n) is 30.4. The molecular weight excluding hydrogens is 683 g/mol. The molecule has 3 heterocycles. The van der Waals surface area contributed by atoms with Gasteiger partial charge in [-0.1, -0.05) is 158 Å². The molecule has 0 bridgehead atoms. The second kappa shape index (κ2) is 13.1. The lowest BCUT2D eigenvalue weighted by molar-refractivity contribution is 0.674. The van der Waals surface area contributed by atoms with Crippen molar-refractivity contribution in [2.75, 3.05) is 0 Å². The van der Waals surface area contributed by atoms with Crippen LogP contribution in [-0.2, 0) is 0 Å². The van der Waals surface area contributed by atoms with E-state index in [1.807, 2.05) is 12.1 Å². The van der Waals surface area contributed by atoms with Crippen LogP contribution < -0.4 is 5.32 Å². The van der Waals surface area contributed by atoms with Crippen LogP contribution in [0.15, 0.2) is 210 Å². The van der Waals surface area contributed by atoms with Gasteiger partial charge in [0, 0.05) is 32.7 Å². The van der Waals surface area contributed by atoms with Gasteiger partial charge in [0.1, 0.15) is 12.0 Å². The molecular formula is C51H35N5. The third-order valence-corrected chi connectivity index (χ3v) is 11.0. The maximum Gasteiger partial charge on any atom is 0.159 e. The third-order valence-electron chi connectivity index (χ3n) is 11.0. The minimum Gasteiger partial charge on any atom is -0.344 e. The van der Waals surface area contributed by atoms with E-state index >= 15 is 0 Å². The van der Waals surface area contributed by atoms with Gasteiger partial charge in [-0.15, -0.1) is 0 Å². The summed E-state index contributed by atoms with van der Waals surface area (Å²) in [4.78, 5) is 10.5. The monoisotopic (exact) mass is 717 g/mol. The first-order chi connectivity index (χ1) is 27.8. The Hall–Kier alpha value is -7.50. The number of hydrogen-bond donors (Lipinski definition) is 1. The molecule has 0 aliphatic carbocycles. The van der Waals surface area contributed by atoms with Crippen LogP contribution >= 0.6 is 0 Å². The average Bonchev–Trinajstić information content (AvgIpc) is 3.80. The largest absolute Gasteiger partial charge is 0.344 e. The van der Waals surface area contributed by atoms with E-state index in [-0.39, 0.29) is 6.17 Å². The molecule has 8 aromatic carbocycles. The van der Waals surface area contributed by atoms with Crippen LogP contribution in [0, 0.1) is 0 Å². The first-order valence-corrected chi connectivity index (χ1v) is 19.0. The molecule has 0 spiro atoms. The molecule has 1 aliphatic rings. The molecule has 1 N–H and O–H groups in total. The van der Waals surface area contributed by atoms with E-state index in [2.05, 4.69) is 203 Å². The van der Waals surface area contributed by atoms with Crippen molar-refractivity contribution in [3.8, 4) is 22.5 Å². The van der Waals surface area contributed by atoms with Gasteiger partial charge in [-0.05, 0) is 59.2 Å². The molecule has 0 amide bonds. The smallest absolute Gasteiger partial charge is 0.159 e. The number of fused-ring (bicyclic) bond motifs is 6. The SMILES string of the molecule is c1ccc(-c2ccc(C3=NC(c4ccccc4)NC(c4ccccc4-n4c5ccccc5c5c(-n6c7ccccc7c7ccccc76)cccc54)=N3)cc2)cc1. The molecule has 10 aromatic rings. The zero-order chi connectivity index (χ0) is 37.0. The number of nitrogens with zero attached hydrogens (tertiary/aromatic N) is 4. The Labute approximate surface area is 324 Å². The third kappa shape index (κ3) is 5.17. The van der Waals surface area contributed by atoms with Crippen LogP contribution in [0.4, 0.5) is 0 Å². The number of para-hydroxylation sites is 4. The molecule has 5 nitrogen and oxygen atoms in total. The van der Waals surface area contributed by atoms with E-state index < -0.39 is 0 Å². The highest BCUT2D eigenvalue weighted by atomic mass is 15.2. The van der Waals surface area contributed by atoms with Gasteiger partial charge in [0.15, 0.2) is 5.84 Å². The average molecular weight is 718 g/mol. The molecule has 0 saturated carbocycles. The quantitative estimate of drug-likeness (QED) is 0.183. The standard InChI is InChI=1S/C51H35N5/c1-3-16-34(17-4-1)35-30-32-37(33-31-35)50-52-49(36-18-5-2-6-19-36)53-51(54-50)41-23-10-14-27-45(41)56-44-26-13-9-22-40(44)48-46(28-15-29-47(48)56)55-42-24-11-7-20-38(42)39-21-8-12-25-43(39)55/h1-33,49H,(H,52,53,54). The second-order valence-corrected chi connectivity index (χ2v) is 14.2. The maximum atomic E-state index is 5.30. The van der Waals surface area contributed by atoms with Crippen molar-refractivity contribution >= 4 is 55.3 Å². The molecule has 11 rings (SSSR count). The van der Waals surface area contributed by atoms with Crippen molar-refractivity contribution in [1.82, 2.24) is 14.5 Å². The van der Waals surface area contributed by atoms with E-state index in [0.717, 1.165) is 50.5 Å². The van der Waals surface area contributed by atoms with Crippen molar-refractivity contribution in [2.24, 2.45) is 9.98 Å². The van der Waals surface area contributed by atoms with Gasteiger partial charge in [0.2, 0.25) is 0 Å². The van der Waals surface area contributed by atoms with E-state index in [1.165, 1.54) is 38.1 Å². The molecule has 0 radical (unpaired) electrons. The summed E-state index contributed by atoms with van der Waals surface area (Å²) in [7, 11) is 0. The first-order valence-electron chi connectivity index (χ1n) is 19.0. The Bertz CT molecular complexity index is 3100. The van der Waals surface area contributed by atoms with Gasteiger partial charge in [-0.2, -0.15) is 0 Å². The topological polar surface area (TPSA) is 46.6 Å². The summed E-state index contributed by atoms with van der Waals surface area (Å²) in [5, 5.41) is 8.62. The Morgan fingerprint density at radius 1 is 0.393 bits per heavy atom. The van der Waals surface area contributed by atoms with Crippen LogP contribution in [0.2, 0.25) is 0 Å². The van der Waals surface area contributed by atoms with Gasteiger partial charge in [0.25, 0.3) is 0 Å². The minimum absolute atomic E-state index is 0.319. The number of amidine groups is 2. The van der Waals surface area contributed by atoms with Gasteiger partial charge in [0.05, 0.1) is 33.4 Å². The molecule has 2 aromatic heterocycles. The van der Waals surface area contributed by atoms with E-state index in [1.54, 1.807) is 0 Å². The first kappa shape index (κ1) is 32.0. The van der Waals surface area contributed by atoms with Crippen molar-refractivity contribution in [3.63, 3.8) is 0 Å². The van der Waals surface area contributed by atoms with Crippen molar-refractivity contribution in [1.29, 1.82) is 0 Å². The summed E-state index contributed by atoms with van der Waals surface area (Å²) in [5.41, 5.74) is 12.2. The number of nitrogens with one attached hydrogen (secondary N) is 1. The van der Waals surface area contributed by atoms with E-state index in [9.17, 15) is 0 Å². The Morgan fingerprint density at radius 3 is 1.61 bits per heavy atom. The highest BCUT2D eigenvalue weighted by Gasteiger charge is 2.25. The van der Waals surface area contributed by atoms with Gasteiger partial charge in [-0.3, -0.25) is 0 Å². The minimum atomic E-state index is -0.319. The molecule has 5 heteroatoms. The van der Waals surface area contributed by atoms with Crippen LogP contribution in [0.5, 0.6) is 0 Å². The van der Waals surface area contributed by atoms with Gasteiger partial charge in [-0.25, -0.2) is 9.98 Å². The number of benzene rings is 8. The molecule has 56 heavy (non-hydrogen) atoms. The fourth-order valence-corrected chi connectivity index (χ4v) is 8.46. The summed E-state index contributed by atoms with van der Waals surface area (Å²) < 4.78 is 4.83. The summed E-state index contributed by atoms with van der Waals surface area (Å²) in [6, 6.07) is 70.9. The fourth-order valence-electron chi connectivity index (χ4n) is 8.46. The van der Waals surface area contributed by atoms with Crippen molar-refractivity contribution in [3.05, 3.63) is 217 Å². The molecule has 1 unspecified atom stereocenters. The molecule has 0 fully saturated rings. The van der Waals surface area contributed by atoms with Crippen LogP contribution in [-0.4, -0.2) is 20.8 Å². The normalized spacial score (nSPS) is 14.2. The highest BCUT2D eigenvalue weighted by molar-refractivity contribution is 6.18. The van der Waals surface area contributed by atoms with E-state index in [0.29, 0.717) is 5.84 Å². The highest BCUT2D eigenvalue weighted by Crippen LogP contribution is 2.40. The molecule has 264 valence electrons. The van der Waals surface area contributed by atoms with Crippen LogP contribution in [0.3, 0.4) is 0 Å². The number of aromatic nitrogens is 2. The Morgan fingerprint density at radius 2 is 0.893 bits per heavy atom. The molecule has 1 aliphatic heterocycles. The number of rotatable bonds is 6. The lowest BCUT2D eigenvalue weighted by Crippen LogP contribution is -2.34. The van der Waals surface area contributed by atoms with Crippen molar-refractivity contribution in [2.45, 2.75) is 6.17 Å². The van der Waals surface area contributed by atoms with E-state index in [4.69, 9.17) is 9.98 Å². The number of aliphatic imine (C=N–C) groups is 2. The van der Waals surface area contributed by atoms with Crippen LogP contribution in [0.25, 0.3) is 66.1 Å². The zero-order valence-corrected chi connectivity index (χ0v) is 30.4. The molecule has 0 saturated heterocycles. The summed E-state index contributed by atoms with van der Waals surface area (Å²) in [5.74, 6) is 1.47. The van der Waals surface area contributed by atoms with Crippen molar-refractivity contribution < 1.29 is 0 Å². The summed E-state index contributed by atoms with van der Waals surface area (Å²) in [6.07, 6.45) is -0.319. The maximum absolute atomic E-state index is 5.30. The van der Waals surface area contributed by atoms with Gasteiger partial charge >= 0.3 is 0 Å². The van der Waals surface area contributed by atoms with Crippen LogP contribution in [0.1, 0.15) is 22.9 Å². The molecule has 1 atom stereocenters. The Balaban J connectivity index is 1.11. The fraction of sp³-hybridized carbons (Fsp3) is 0.0196. The lowest BCUT2D eigenvalue weighted by atomic mass is 10.0. The summed E-state index contributed by atoms with van der Waals surface area (Å²) >= 11 is 0. The predicted octanol–water partition coefficient (Wildman–Crippen LogP) is 12.0. The summed E-state index contributed by atoms with van der Waals surface area (Å²) in [6.45, 7) is 0. The Kier molecular flexibility index (Phi) is 7.49. The lowest BCUT2D eigenvalue weighted by Gasteiger charge is -2.25. The predicted molar refractivity (Wildman–Crippen MR) is 232 cm³/mol. The number of hydrogen-bond acceptors (Lipinski definition) is 3. The van der Waals surface area contributed by atoms with Gasteiger partial charge < -0.3 is 14.5 Å². The second-order valence-electron chi connectivity index (χ2n) is 14.2.